The Morgan fingerprint density at radius 3 is 2.11 bits per heavy atom. The number of benzene rings is 2. The standard InChI is InChI=1S/C23H28N2O3.C4H4O4/c26-23-25(18-21(28-23)17-19-7-3-1-4-8-19)22(20-9-5-2-6-10-20)11-12-24-13-15-27-16-14-24;5-3(6)1-2-4(7)8/h1-10,21-22H,11-18H2;1-2H,(H,5,6)(H,7,8)/b;2-1+/t21-,22+;/m0./s1. The van der Waals surface area contributed by atoms with Crippen molar-refractivity contribution in [2.45, 2.75) is 25.0 Å². The first kappa shape index (κ1) is 26.9. The lowest BCUT2D eigenvalue weighted by Gasteiger charge is -2.31. The first-order chi connectivity index (χ1) is 17.4. The van der Waals surface area contributed by atoms with Gasteiger partial charge in [0.25, 0.3) is 0 Å². The quantitative estimate of drug-likeness (QED) is 0.509. The van der Waals surface area contributed by atoms with E-state index in [1.807, 2.05) is 41.3 Å². The van der Waals surface area contributed by atoms with Crippen LogP contribution in [0.5, 0.6) is 0 Å². The molecule has 2 atom stereocenters. The molecule has 0 spiro atoms. The van der Waals surface area contributed by atoms with Crippen molar-refractivity contribution in [2.24, 2.45) is 0 Å². The number of carbonyl (C=O) groups excluding carboxylic acids is 1. The average molecular weight is 497 g/mol. The number of aliphatic carboxylic acids is 2. The van der Waals surface area contributed by atoms with E-state index in [1.54, 1.807) is 0 Å². The highest BCUT2D eigenvalue weighted by Gasteiger charge is 2.36. The molecule has 2 fully saturated rings. The van der Waals surface area contributed by atoms with Crippen molar-refractivity contribution >= 4 is 18.0 Å². The van der Waals surface area contributed by atoms with Crippen molar-refractivity contribution in [3.8, 4) is 0 Å². The molecule has 2 aromatic carbocycles. The molecule has 0 aliphatic carbocycles. The summed E-state index contributed by atoms with van der Waals surface area (Å²) in [6, 6.07) is 20.6. The minimum absolute atomic E-state index is 0.0392. The number of carbonyl (C=O) groups is 3. The molecule has 9 nitrogen and oxygen atoms in total. The Hall–Kier alpha value is -3.69. The van der Waals surface area contributed by atoms with Gasteiger partial charge < -0.3 is 19.7 Å². The number of cyclic esters (lactones) is 1. The number of hydrogen-bond donors (Lipinski definition) is 2. The molecule has 192 valence electrons. The lowest BCUT2D eigenvalue weighted by molar-refractivity contribution is -0.134. The normalized spacial score (nSPS) is 18.8. The van der Waals surface area contributed by atoms with Gasteiger partial charge in [-0.25, -0.2) is 14.4 Å². The summed E-state index contributed by atoms with van der Waals surface area (Å²) in [6.45, 7) is 5.10. The van der Waals surface area contributed by atoms with Gasteiger partial charge in [0.2, 0.25) is 0 Å². The summed E-state index contributed by atoms with van der Waals surface area (Å²) >= 11 is 0. The second kappa shape index (κ2) is 14.0. The van der Waals surface area contributed by atoms with E-state index in [0.29, 0.717) is 18.7 Å². The van der Waals surface area contributed by atoms with Gasteiger partial charge in [0, 0.05) is 38.2 Å². The minimum Gasteiger partial charge on any atom is -0.478 e. The van der Waals surface area contributed by atoms with Crippen LogP contribution in [0.4, 0.5) is 4.79 Å². The van der Waals surface area contributed by atoms with Crippen molar-refractivity contribution in [3.05, 3.63) is 83.9 Å². The third kappa shape index (κ3) is 8.83. The monoisotopic (exact) mass is 496 g/mol. The Labute approximate surface area is 210 Å². The summed E-state index contributed by atoms with van der Waals surface area (Å²) < 4.78 is 11.2. The van der Waals surface area contributed by atoms with Crippen molar-refractivity contribution in [2.75, 3.05) is 39.4 Å². The molecule has 1 amide bonds. The van der Waals surface area contributed by atoms with Gasteiger partial charge in [0.15, 0.2) is 0 Å². The van der Waals surface area contributed by atoms with Gasteiger partial charge in [0.05, 0.1) is 25.8 Å². The van der Waals surface area contributed by atoms with E-state index in [9.17, 15) is 14.4 Å². The molecule has 2 aliphatic heterocycles. The summed E-state index contributed by atoms with van der Waals surface area (Å²) in [5.74, 6) is -2.51. The maximum Gasteiger partial charge on any atom is 0.410 e. The molecular weight excluding hydrogens is 464 g/mol. The SMILES string of the molecule is O=C(O)/C=C/C(=O)O.O=C1O[C@@H](Cc2ccccc2)CN1[C@H](CCN1CCOCC1)c1ccccc1. The Morgan fingerprint density at radius 1 is 0.944 bits per heavy atom. The summed E-state index contributed by atoms with van der Waals surface area (Å²) in [6.07, 6.45) is 2.48. The number of nitrogens with zero attached hydrogens (tertiary/aromatic N) is 2. The van der Waals surface area contributed by atoms with E-state index in [0.717, 1.165) is 45.7 Å². The Bertz CT molecular complexity index is 991. The zero-order valence-electron chi connectivity index (χ0n) is 20.1. The van der Waals surface area contributed by atoms with Gasteiger partial charge in [-0.3, -0.25) is 9.80 Å². The second-order valence-electron chi connectivity index (χ2n) is 8.53. The maximum atomic E-state index is 12.7. The Morgan fingerprint density at radius 2 is 1.53 bits per heavy atom. The van der Waals surface area contributed by atoms with Crippen molar-refractivity contribution in [1.82, 2.24) is 9.80 Å². The summed E-state index contributed by atoms with van der Waals surface area (Å²) in [7, 11) is 0. The molecule has 4 rings (SSSR count). The molecule has 0 radical (unpaired) electrons. The van der Waals surface area contributed by atoms with Crippen molar-refractivity contribution < 1.29 is 34.1 Å². The molecule has 2 N–H and O–H groups in total. The van der Waals surface area contributed by atoms with E-state index in [4.69, 9.17) is 19.7 Å². The van der Waals surface area contributed by atoms with Crippen LogP contribution in [0.25, 0.3) is 0 Å². The Balaban J connectivity index is 0.000000392. The maximum absolute atomic E-state index is 12.7. The highest BCUT2D eigenvalue weighted by Crippen LogP contribution is 2.30. The molecule has 0 saturated carbocycles. The van der Waals surface area contributed by atoms with Crippen molar-refractivity contribution in [1.29, 1.82) is 0 Å². The average Bonchev–Trinajstić information content (AvgIpc) is 3.24. The largest absolute Gasteiger partial charge is 0.478 e. The molecule has 36 heavy (non-hydrogen) atoms. The third-order valence-corrected chi connectivity index (χ3v) is 5.96. The first-order valence-electron chi connectivity index (χ1n) is 11.9. The van der Waals surface area contributed by atoms with E-state index < -0.39 is 11.9 Å². The molecule has 9 heteroatoms. The lowest BCUT2D eigenvalue weighted by Crippen LogP contribution is -2.39. The predicted molar refractivity (Wildman–Crippen MR) is 133 cm³/mol. The minimum atomic E-state index is -1.26. The number of hydrogen-bond acceptors (Lipinski definition) is 6. The molecule has 2 aromatic rings. The number of carboxylic acids is 2. The number of rotatable bonds is 9. The molecular formula is C27H32N2O7. The second-order valence-corrected chi connectivity index (χ2v) is 8.53. The third-order valence-electron chi connectivity index (χ3n) is 5.96. The number of amides is 1. The van der Waals surface area contributed by atoms with Crippen LogP contribution >= 0.6 is 0 Å². The van der Waals surface area contributed by atoms with Gasteiger partial charge in [-0.2, -0.15) is 0 Å². The van der Waals surface area contributed by atoms with Gasteiger partial charge in [-0.05, 0) is 17.5 Å². The van der Waals surface area contributed by atoms with Crippen LogP contribution in [-0.4, -0.2) is 83.5 Å². The smallest absolute Gasteiger partial charge is 0.410 e. The summed E-state index contributed by atoms with van der Waals surface area (Å²) in [5.41, 5.74) is 2.37. The van der Waals surface area contributed by atoms with Crippen LogP contribution in [0.2, 0.25) is 0 Å². The Kier molecular flexibility index (Phi) is 10.5. The highest BCUT2D eigenvalue weighted by atomic mass is 16.6. The lowest BCUT2D eigenvalue weighted by atomic mass is 10.0. The number of ether oxygens (including phenoxy) is 2. The molecule has 2 saturated heterocycles. The fourth-order valence-electron chi connectivity index (χ4n) is 4.23. The van der Waals surface area contributed by atoms with E-state index in [1.165, 1.54) is 11.1 Å². The van der Waals surface area contributed by atoms with Crippen LogP contribution in [-0.2, 0) is 25.5 Å². The van der Waals surface area contributed by atoms with E-state index in [2.05, 4.69) is 29.2 Å². The summed E-state index contributed by atoms with van der Waals surface area (Å²) in [5, 5.41) is 15.6. The molecule has 0 aromatic heterocycles. The zero-order chi connectivity index (χ0) is 25.8. The summed E-state index contributed by atoms with van der Waals surface area (Å²) in [4.78, 5) is 36.2. The topological polar surface area (TPSA) is 117 Å². The van der Waals surface area contributed by atoms with Crippen LogP contribution < -0.4 is 0 Å². The molecule has 0 unspecified atom stereocenters. The highest BCUT2D eigenvalue weighted by molar-refractivity contribution is 5.89. The van der Waals surface area contributed by atoms with Gasteiger partial charge >= 0.3 is 18.0 Å². The van der Waals surface area contributed by atoms with E-state index >= 15 is 0 Å². The van der Waals surface area contributed by atoms with Gasteiger partial charge in [0.1, 0.15) is 6.10 Å². The van der Waals surface area contributed by atoms with Crippen LogP contribution in [0.15, 0.2) is 72.8 Å². The molecule has 2 aliphatic rings. The zero-order valence-corrected chi connectivity index (χ0v) is 20.1. The fraction of sp³-hybridized carbons (Fsp3) is 0.370. The van der Waals surface area contributed by atoms with Crippen LogP contribution in [0, 0.1) is 0 Å². The van der Waals surface area contributed by atoms with E-state index in [-0.39, 0.29) is 18.2 Å². The van der Waals surface area contributed by atoms with Crippen LogP contribution in [0.3, 0.4) is 0 Å². The number of morpholine rings is 1. The molecule has 2 heterocycles. The first-order valence-corrected chi connectivity index (χ1v) is 11.9. The van der Waals surface area contributed by atoms with Crippen LogP contribution in [0.1, 0.15) is 23.6 Å². The van der Waals surface area contributed by atoms with Crippen molar-refractivity contribution in [3.63, 3.8) is 0 Å². The fourth-order valence-corrected chi connectivity index (χ4v) is 4.23. The van der Waals surface area contributed by atoms with Gasteiger partial charge in [-0.1, -0.05) is 60.7 Å². The van der Waals surface area contributed by atoms with Gasteiger partial charge in [-0.15, -0.1) is 0 Å². The predicted octanol–water partition coefficient (Wildman–Crippen LogP) is 3.23. The molecule has 0 bridgehead atoms. The number of carboxylic acid groups (broad SMARTS) is 2.